The third-order valence-corrected chi connectivity index (χ3v) is 7.83. The van der Waals surface area contributed by atoms with Crippen LogP contribution in [0.4, 0.5) is 13.2 Å². The number of ether oxygens (including phenoxy) is 1. The van der Waals surface area contributed by atoms with Crippen molar-refractivity contribution < 1.29 is 31.4 Å². The van der Waals surface area contributed by atoms with E-state index < -0.39 is 44.0 Å². The average Bonchev–Trinajstić information content (AvgIpc) is 3.42. The molecule has 0 bridgehead atoms. The highest BCUT2D eigenvalue weighted by Crippen LogP contribution is 2.37. The molecule has 39 heavy (non-hydrogen) atoms. The van der Waals surface area contributed by atoms with Crippen LogP contribution in [0.5, 0.6) is 0 Å². The lowest BCUT2D eigenvalue weighted by Crippen LogP contribution is -2.31. The molecule has 2 N–H and O–H groups in total. The number of sulfonamides is 1. The Morgan fingerprint density at radius 1 is 1.05 bits per heavy atom. The van der Waals surface area contributed by atoms with Crippen LogP contribution in [-0.4, -0.2) is 35.4 Å². The Kier molecular flexibility index (Phi) is 8.57. The molecule has 0 aliphatic carbocycles. The number of aliphatic hydroxyl groups excluding tert-OH is 1. The van der Waals surface area contributed by atoms with Crippen LogP contribution in [0.3, 0.4) is 0 Å². The number of rotatable bonds is 8. The molecule has 2 heterocycles. The normalized spacial score (nSPS) is 13.8. The van der Waals surface area contributed by atoms with Crippen molar-refractivity contribution in [2.45, 2.75) is 23.4 Å². The number of halogens is 6. The first-order chi connectivity index (χ1) is 18.3. The molecular formula is C24H18Cl3F3N4O4S. The molecule has 4 aromatic rings. The van der Waals surface area contributed by atoms with Gasteiger partial charge in [0.05, 0.1) is 31.9 Å². The zero-order valence-electron chi connectivity index (χ0n) is 19.7. The molecule has 0 saturated carbocycles. The van der Waals surface area contributed by atoms with Crippen LogP contribution < -0.4 is 4.72 Å². The molecule has 2 unspecified atom stereocenters. The number of aliphatic hydroxyl groups is 1. The molecule has 0 aliphatic rings. The van der Waals surface area contributed by atoms with E-state index in [4.69, 9.17) is 39.5 Å². The van der Waals surface area contributed by atoms with Crippen molar-refractivity contribution in [1.29, 1.82) is 0 Å². The van der Waals surface area contributed by atoms with E-state index in [1.54, 1.807) is 36.7 Å². The Morgan fingerprint density at radius 2 is 1.77 bits per heavy atom. The van der Waals surface area contributed by atoms with Gasteiger partial charge in [-0.3, -0.25) is 4.98 Å². The number of nitrogens with zero attached hydrogens (tertiary/aromatic N) is 3. The predicted molar refractivity (Wildman–Crippen MR) is 138 cm³/mol. The highest BCUT2D eigenvalue weighted by molar-refractivity contribution is 7.89. The fourth-order valence-corrected chi connectivity index (χ4v) is 5.47. The van der Waals surface area contributed by atoms with E-state index in [0.717, 1.165) is 19.2 Å². The fraction of sp³-hybridized carbons (Fsp3) is 0.167. The summed E-state index contributed by atoms with van der Waals surface area (Å²) >= 11 is 18.1. The van der Waals surface area contributed by atoms with Crippen molar-refractivity contribution in [1.82, 2.24) is 19.5 Å². The zero-order chi connectivity index (χ0) is 28.5. The van der Waals surface area contributed by atoms with Gasteiger partial charge in [0.15, 0.2) is 0 Å². The molecule has 8 nitrogen and oxygen atoms in total. The van der Waals surface area contributed by atoms with Crippen LogP contribution in [-0.2, 0) is 20.9 Å². The van der Waals surface area contributed by atoms with Crippen LogP contribution in [0.2, 0.25) is 15.1 Å². The number of benzene rings is 2. The second-order valence-electron chi connectivity index (χ2n) is 8.06. The van der Waals surface area contributed by atoms with Crippen LogP contribution in [0.25, 0.3) is 5.69 Å². The molecule has 15 heteroatoms. The minimum atomic E-state index is -4.89. The van der Waals surface area contributed by atoms with Crippen molar-refractivity contribution in [2.24, 2.45) is 0 Å². The molecule has 2 atom stereocenters. The van der Waals surface area contributed by atoms with Crippen molar-refractivity contribution >= 4 is 44.8 Å². The van der Waals surface area contributed by atoms with E-state index in [1.807, 2.05) is 0 Å². The second kappa shape index (κ2) is 11.4. The van der Waals surface area contributed by atoms with Gasteiger partial charge in [0.25, 0.3) is 0 Å². The third-order valence-electron chi connectivity index (χ3n) is 5.55. The molecule has 2 aromatic heterocycles. The molecular weight excluding hydrogens is 604 g/mol. The van der Waals surface area contributed by atoms with Crippen LogP contribution in [0, 0.1) is 0 Å². The maximum atomic E-state index is 13.3. The summed E-state index contributed by atoms with van der Waals surface area (Å²) in [5.74, 6) is 0. The van der Waals surface area contributed by atoms with Gasteiger partial charge in [-0.1, -0.05) is 34.8 Å². The van der Waals surface area contributed by atoms with E-state index in [-0.39, 0.29) is 26.9 Å². The number of alkyl halides is 3. The quantitative estimate of drug-likeness (QED) is 0.236. The van der Waals surface area contributed by atoms with E-state index in [0.29, 0.717) is 11.8 Å². The van der Waals surface area contributed by atoms with Crippen molar-refractivity contribution in [2.75, 3.05) is 7.11 Å². The topological polar surface area (TPSA) is 106 Å². The van der Waals surface area contributed by atoms with Gasteiger partial charge < -0.3 is 9.84 Å². The van der Waals surface area contributed by atoms with Gasteiger partial charge in [-0.2, -0.15) is 23.0 Å². The first-order valence-electron chi connectivity index (χ1n) is 10.9. The summed E-state index contributed by atoms with van der Waals surface area (Å²) in [4.78, 5) is 3.46. The van der Waals surface area contributed by atoms with Crippen LogP contribution in [0.1, 0.15) is 34.7 Å². The average molecular weight is 622 g/mol. The molecule has 0 spiro atoms. The summed E-state index contributed by atoms with van der Waals surface area (Å²) in [5.41, 5.74) is -0.618. The molecule has 0 amide bonds. The summed E-state index contributed by atoms with van der Waals surface area (Å²) in [7, 11) is -3.46. The van der Waals surface area contributed by atoms with Gasteiger partial charge in [-0.15, -0.1) is 0 Å². The molecule has 0 saturated heterocycles. The Labute approximate surface area is 236 Å². The van der Waals surface area contributed by atoms with E-state index >= 15 is 0 Å². The molecule has 2 aromatic carbocycles. The van der Waals surface area contributed by atoms with E-state index in [1.165, 1.54) is 16.9 Å². The Hall–Kier alpha value is -2.71. The largest absolute Gasteiger partial charge is 0.417 e. The summed E-state index contributed by atoms with van der Waals surface area (Å²) in [6.45, 7) is 0. The second-order valence-corrected chi connectivity index (χ2v) is 11.0. The van der Waals surface area contributed by atoms with Gasteiger partial charge in [0.2, 0.25) is 10.0 Å². The summed E-state index contributed by atoms with van der Waals surface area (Å²) in [5, 5.41) is 15.0. The lowest BCUT2D eigenvalue weighted by atomic mass is 10.0. The maximum absolute atomic E-state index is 13.3. The third kappa shape index (κ3) is 6.38. The number of nitrogens with one attached hydrogen (secondary N) is 1. The molecule has 0 radical (unpaired) electrons. The van der Waals surface area contributed by atoms with Crippen molar-refractivity contribution in [3.05, 3.63) is 105 Å². The van der Waals surface area contributed by atoms with Gasteiger partial charge in [-0.25, -0.2) is 13.1 Å². The van der Waals surface area contributed by atoms with Gasteiger partial charge in [-0.05, 0) is 48.5 Å². The van der Waals surface area contributed by atoms with Crippen molar-refractivity contribution in [3.8, 4) is 5.69 Å². The number of hydrogen-bond donors (Lipinski definition) is 2. The molecule has 4 rings (SSSR count). The Balaban J connectivity index is 1.74. The Bertz CT molecular complexity index is 1600. The maximum Gasteiger partial charge on any atom is 0.417 e. The number of hydrogen-bond acceptors (Lipinski definition) is 6. The fourth-order valence-electron chi connectivity index (χ4n) is 3.69. The monoisotopic (exact) mass is 620 g/mol. The SMILES string of the molecule is COC(NS(=O)(=O)c1ccc(Cl)c(C(F)(F)F)c1)c1cc(Cl)cnc1C(O)c1cc(-n2cccn2)ccc1Cl. The van der Waals surface area contributed by atoms with E-state index in [9.17, 15) is 26.7 Å². The highest BCUT2D eigenvalue weighted by Gasteiger charge is 2.35. The minimum absolute atomic E-state index is 0.00774. The first kappa shape index (κ1) is 29.3. The van der Waals surface area contributed by atoms with Gasteiger partial charge in [0, 0.05) is 41.8 Å². The molecule has 0 aliphatic heterocycles. The van der Waals surface area contributed by atoms with Crippen molar-refractivity contribution in [3.63, 3.8) is 0 Å². The Morgan fingerprint density at radius 3 is 2.41 bits per heavy atom. The lowest BCUT2D eigenvalue weighted by Gasteiger charge is -2.23. The standard InChI is InChI=1S/C24H18Cl3F3N4O4S/c1-38-23(33-39(36,37)15-4-6-20(27)18(11-15)24(28,29)30)17-9-13(25)12-31-21(17)22(35)16-10-14(3-5-19(16)26)34-8-2-7-32-34/h2-12,22-23,33,35H,1H3. The predicted octanol–water partition coefficient (Wildman–Crippen LogP) is 5.95. The summed E-state index contributed by atoms with van der Waals surface area (Å²) < 4.78 is 75.1. The molecule has 206 valence electrons. The summed E-state index contributed by atoms with van der Waals surface area (Å²) in [6, 6.07) is 9.94. The number of methoxy groups -OCH3 is 1. The zero-order valence-corrected chi connectivity index (χ0v) is 22.8. The van der Waals surface area contributed by atoms with Gasteiger partial charge >= 0.3 is 6.18 Å². The van der Waals surface area contributed by atoms with E-state index in [2.05, 4.69) is 14.8 Å². The molecule has 0 fully saturated rings. The summed E-state index contributed by atoms with van der Waals surface area (Å²) in [6.07, 6.45) is -3.43. The number of pyridine rings is 1. The minimum Gasteiger partial charge on any atom is -0.382 e. The first-order valence-corrected chi connectivity index (χ1v) is 13.5. The smallest absolute Gasteiger partial charge is 0.382 e. The lowest BCUT2D eigenvalue weighted by molar-refractivity contribution is -0.137. The van der Waals surface area contributed by atoms with Crippen LogP contribution in [0.15, 0.2) is 72.0 Å². The van der Waals surface area contributed by atoms with Gasteiger partial charge in [0.1, 0.15) is 12.3 Å². The highest BCUT2D eigenvalue weighted by atomic mass is 35.5. The number of aromatic nitrogens is 3. The van der Waals surface area contributed by atoms with Crippen LogP contribution >= 0.6 is 34.8 Å².